The topological polar surface area (TPSA) is 67.4 Å². The number of benzene rings is 2. The molecular formula is C20H21FN2O3. The Hall–Kier alpha value is -2.89. The third kappa shape index (κ3) is 5.05. The zero-order chi connectivity index (χ0) is 18.4. The maximum absolute atomic E-state index is 13.1. The highest BCUT2D eigenvalue weighted by molar-refractivity contribution is 5.88. The van der Waals surface area contributed by atoms with Crippen molar-refractivity contribution in [2.24, 2.45) is 0 Å². The molecule has 1 aliphatic rings. The predicted octanol–water partition coefficient (Wildman–Crippen LogP) is 2.69. The standard InChI is InChI=1S/C20H21FN2O3/c21-16-4-1-3-15(11-16)13-26-17-9-7-14(8-10-17)12-22-20(25)18-5-2-6-19(24)23-18/h1,3-4,7-11,18H,2,5-6,12-13H2,(H,22,25)(H,23,24)/t18-/m1/s1. The molecule has 2 aromatic carbocycles. The van der Waals surface area contributed by atoms with E-state index in [9.17, 15) is 14.0 Å². The van der Waals surface area contributed by atoms with E-state index >= 15 is 0 Å². The predicted molar refractivity (Wildman–Crippen MR) is 94.8 cm³/mol. The molecule has 0 unspecified atom stereocenters. The van der Waals surface area contributed by atoms with E-state index in [1.807, 2.05) is 24.3 Å². The fourth-order valence-corrected chi connectivity index (χ4v) is 2.81. The summed E-state index contributed by atoms with van der Waals surface area (Å²) in [7, 11) is 0. The maximum Gasteiger partial charge on any atom is 0.242 e. The van der Waals surface area contributed by atoms with Gasteiger partial charge in [-0.05, 0) is 48.2 Å². The van der Waals surface area contributed by atoms with Gasteiger partial charge in [-0.1, -0.05) is 24.3 Å². The van der Waals surface area contributed by atoms with Crippen molar-refractivity contribution in [3.8, 4) is 5.75 Å². The van der Waals surface area contributed by atoms with E-state index in [1.54, 1.807) is 12.1 Å². The summed E-state index contributed by atoms with van der Waals surface area (Å²) in [5.41, 5.74) is 1.69. The van der Waals surface area contributed by atoms with Crippen molar-refractivity contribution >= 4 is 11.8 Å². The van der Waals surface area contributed by atoms with Gasteiger partial charge in [-0.3, -0.25) is 9.59 Å². The van der Waals surface area contributed by atoms with E-state index in [-0.39, 0.29) is 24.2 Å². The molecule has 1 fully saturated rings. The van der Waals surface area contributed by atoms with Crippen LogP contribution in [-0.4, -0.2) is 17.9 Å². The van der Waals surface area contributed by atoms with Crippen LogP contribution in [0.1, 0.15) is 30.4 Å². The summed E-state index contributed by atoms with van der Waals surface area (Å²) < 4.78 is 18.8. The lowest BCUT2D eigenvalue weighted by Gasteiger charge is -2.22. The van der Waals surface area contributed by atoms with E-state index in [0.29, 0.717) is 25.1 Å². The lowest BCUT2D eigenvalue weighted by atomic mass is 10.0. The van der Waals surface area contributed by atoms with E-state index in [4.69, 9.17) is 4.74 Å². The molecule has 1 heterocycles. The lowest BCUT2D eigenvalue weighted by Crippen LogP contribution is -2.48. The van der Waals surface area contributed by atoms with Gasteiger partial charge in [0.05, 0.1) is 0 Å². The number of carbonyl (C=O) groups is 2. The molecule has 0 radical (unpaired) electrons. The van der Waals surface area contributed by atoms with Crippen LogP contribution in [0.15, 0.2) is 48.5 Å². The SMILES string of the molecule is O=C1CCC[C@H](C(=O)NCc2ccc(OCc3cccc(F)c3)cc2)N1. The summed E-state index contributed by atoms with van der Waals surface area (Å²) in [4.78, 5) is 23.4. The van der Waals surface area contributed by atoms with Gasteiger partial charge in [-0.25, -0.2) is 4.39 Å². The Balaban J connectivity index is 1.46. The Bertz CT molecular complexity index is 777. The molecule has 0 aliphatic carbocycles. The van der Waals surface area contributed by atoms with Crippen molar-refractivity contribution in [1.29, 1.82) is 0 Å². The van der Waals surface area contributed by atoms with Crippen LogP contribution >= 0.6 is 0 Å². The van der Waals surface area contributed by atoms with Gasteiger partial charge < -0.3 is 15.4 Å². The highest BCUT2D eigenvalue weighted by Gasteiger charge is 2.24. The van der Waals surface area contributed by atoms with Gasteiger partial charge in [0.2, 0.25) is 11.8 Å². The second-order valence-electron chi connectivity index (χ2n) is 6.29. The molecule has 2 aromatic rings. The van der Waals surface area contributed by atoms with Crippen LogP contribution in [0.4, 0.5) is 4.39 Å². The van der Waals surface area contributed by atoms with Crippen LogP contribution in [0.25, 0.3) is 0 Å². The molecule has 0 spiro atoms. The Morgan fingerprint density at radius 1 is 1.19 bits per heavy atom. The summed E-state index contributed by atoms with van der Waals surface area (Å²) >= 11 is 0. The Morgan fingerprint density at radius 2 is 2.00 bits per heavy atom. The van der Waals surface area contributed by atoms with E-state index in [2.05, 4.69) is 10.6 Å². The first kappa shape index (κ1) is 17.9. The van der Waals surface area contributed by atoms with E-state index in [1.165, 1.54) is 12.1 Å². The number of hydrogen-bond donors (Lipinski definition) is 2. The van der Waals surface area contributed by atoms with Crippen LogP contribution in [0.3, 0.4) is 0 Å². The third-order valence-corrected chi connectivity index (χ3v) is 4.23. The lowest BCUT2D eigenvalue weighted by molar-refractivity contribution is -0.131. The van der Waals surface area contributed by atoms with Gasteiger partial charge in [0.1, 0.15) is 24.2 Å². The molecule has 3 rings (SSSR count). The minimum Gasteiger partial charge on any atom is -0.489 e. The summed E-state index contributed by atoms with van der Waals surface area (Å²) in [6.07, 6.45) is 1.90. The largest absolute Gasteiger partial charge is 0.489 e. The first-order valence-corrected chi connectivity index (χ1v) is 8.63. The number of halogens is 1. The van der Waals surface area contributed by atoms with Crippen LogP contribution in [0.2, 0.25) is 0 Å². The number of ether oxygens (including phenoxy) is 1. The highest BCUT2D eigenvalue weighted by atomic mass is 19.1. The van der Waals surface area contributed by atoms with Crippen molar-refractivity contribution in [2.45, 2.75) is 38.5 Å². The van der Waals surface area contributed by atoms with Gasteiger partial charge in [0, 0.05) is 13.0 Å². The van der Waals surface area contributed by atoms with Crippen LogP contribution in [-0.2, 0) is 22.7 Å². The monoisotopic (exact) mass is 356 g/mol. The molecule has 26 heavy (non-hydrogen) atoms. The van der Waals surface area contributed by atoms with E-state index < -0.39 is 6.04 Å². The number of carbonyl (C=O) groups excluding carboxylic acids is 2. The van der Waals surface area contributed by atoms with Crippen molar-refractivity contribution < 1.29 is 18.7 Å². The van der Waals surface area contributed by atoms with Gasteiger partial charge in [-0.2, -0.15) is 0 Å². The van der Waals surface area contributed by atoms with Crippen LogP contribution < -0.4 is 15.4 Å². The smallest absolute Gasteiger partial charge is 0.242 e. The highest BCUT2D eigenvalue weighted by Crippen LogP contribution is 2.15. The summed E-state index contributed by atoms with van der Waals surface area (Å²) in [6.45, 7) is 0.671. The molecule has 0 saturated carbocycles. The van der Waals surface area contributed by atoms with Crippen molar-refractivity contribution in [1.82, 2.24) is 10.6 Å². The van der Waals surface area contributed by atoms with Gasteiger partial charge in [0.15, 0.2) is 0 Å². The second-order valence-corrected chi connectivity index (χ2v) is 6.29. The second kappa shape index (κ2) is 8.47. The average Bonchev–Trinajstić information content (AvgIpc) is 2.65. The molecule has 6 heteroatoms. The van der Waals surface area contributed by atoms with Crippen molar-refractivity contribution in [3.63, 3.8) is 0 Å². The molecule has 5 nitrogen and oxygen atoms in total. The zero-order valence-corrected chi connectivity index (χ0v) is 14.3. The first-order valence-electron chi connectivity index (χ1n) is 8.63. The van der Waals surface area contributed by atoms with Crippen LogP contribution in [0.5, 0.6) is 5.75 Å². The number of hydrogen-bond acceptors (Lipinski definition) is 3. The minimum atomic E-state index is -0.440. The Labute approximate surface area is 151 Å². The fraction of sp³-hybridized carbons (Fsp3) is 0.300. The zero-order valence-electron chi connectivity index (χ0n) is 14.3. The molecule has 0 aromatic heterocycles. The number of piperidine rings is 1. The molecule has 2 amide bonds. The first-order chi connectivity index (χ1) is 12.6. The number of rotatable bonds is 6. The molecule has 1 aliphatic heterocycles. The molecule has 1 atom stereocenters. The average molecular weight is 356 g/mol. The Morgan fingerprint density at radius 3 is 2.73 bits per heavy atom. The number of nitrogens with one attached hydrogen (secondary N) is 2. The van der Waals surface area contributed by atoms with Gasteiger partial charge in [-0.15, -0.1) is 0 Å². The number of amides is 2. The molecule has 1 saturated heterocycles. The summed E-state index contributed by atoms with van der Waals surface area (Å²) in [5, 5.41) is 5.54. The van der Waals surface area contributed by atoms with Crippen LogP contribution in [0, 0.1) is 5.82 Å². The van der Waals surface area contributed by atoms with Crippen molar-refractivity contribution in [3.05, 3.63) is 65.5 Å². The molecule has 2 N–H and O–H groups in total. The fourth-order valence-electron chi connectivity index (χ4n) is 2.81. The van der Waals surface area contributed by atoms with Gasteiger partial charge >= 0.3 is 0 Å². The Kier molecular flexibility index (Phi) is 5.84. The minimum absolute atomic E-state index is 0.0730. The normalized spacial score (nSPS) is 16.7. The summed E-state index contributed by atoms with van der Waals surface area (Å²) in [6, 6.07) is 13.2. The quantitative estimate of drug-likeness (QED) is 0.836. The van der Waals surface area contributed by atoms with Gasteiger partial charge in [0.25, 0.3) is 0 Å². The van der Waals surface area contributed by atoms with Crippen molar-refractivity contribution in [2.75, 3.05) is 0 Å². The van der Waals surface area contributed by atoms with E-state index in [0.717, 1.165) is 17.5 Å². The molecular weight excluding hydrogens is 335 g/mol. The third-order valence-electron chi connectivity index (χ3n) is 4.23. The maximum atomic E-state index is 13.1. The molecule has 136 valence electrons. The molecule has 0 bridgehead atoms. The summed E-state index contributed by atoms with van der Waals surface area (Å²) in [5.74, 6) is 0.149.